The fourth-order valence-electron chi connectivity index (χ4n) is 7.51. The third kappa shape index (κ3) is 2.76. The number of nitrogens with one attached hydrogen (secondary N) is 2. The SMILES string of the molecule is O=C(NC12CC3CC(CC(C3)C1)C2)C1=C2C=CC=CN2C(c2cncc3ccccc23)N1. The number of carbonyl (C=O) groups excluding carboxylic acids is 1. The number of amides is 1. The smallest absolute Gasteiger partial charge is 0.270 e. The van der Waals surface area contributed by atoms with Crippen molar-refractivity contribution in [3.8, 4) is 0 Å². The minimum absolute atomic E-state index is 0.000784. The molecular formula is C27H28N4O. The van der Waals surface area contributed by atoms with E-state index in [1.54, 1.807) is 0 Å². The number of allylic oxidation sites excluding steroid dienone is 3. The molecule has 3 heterocycles. The quantitative estimate of drug-likeness (QED) is 0.761. The van der Waals surface area contributed by atoms with Gasteiger partial charge in [0.1, 0.15) is 11.9 Å². The van der Waals surface area contributed by atoms with Crippen molar-refractivity contribution in [1.29, 1.82) is 0 Å². The lowest BCUT2D eigenvalue weighted by atomic mass is 9.53. The third-order valence-electron chi connectivity index (χ3n) is 8.34. The van der Waals surface area contributed by atoms with Gasteiger partial charge in [-0.3, -0.25) is 9.78 Å². The predicted molar refractivity (Wildman–Crippen MR) is 124 cm³/mol. The van der Waals surface area contributed by atoms with Crippen LogP contribution in [0.4, 0.5) is 0 Å². The summed E-state index contributed by atoms with van der Waals surface area (Å²) in [4.78, 5) is 20.3. The molecular weight excluding hydrogens is 396 g/mol. The Labute approximate surface area is 188 Å². The molecule has 2 aromatic rings. The van der Waals surface area contributed by atoms with Gasteiger partial charge in [0, 0.05) is 35.1 Å². The number of rotatable bonds is 3. The number of aromatic nitrogens is 1. The first kappa shape index (κ1) is 18.5. The Morgan fingerprint density at radius 2 is 1.78 bits per heavy atom. The van der Waals surface area contributed by atoms with Crippen LogP contribution in [-0.2, 0) is 4.79 Å². The molecule has 2 N–H and O–H groups in total. The number of benzene rings is 1. The van der Waals surface area contributed by atoms with Crippen LogP contribution in [0.5, 0.6) is 0 Å². The highest BCUT2D eigenvalue weighted by Gasteiger charge is 2.52. The van der Waals surface area contributed by atoms with Gasteiger partial charge in [-0.1, -0.05) is 30.3 Å². The van der Waals surface area contributed by atoms with E-state index in [-0.39, 0.29) is 17.6 Å². The summed E-state index contributed by atoms with van der Waals surface area (Å²) in [6.45, 7) is 0. The number of hydrogen-bond donors (Lipinski definition) is 2. The first-order chi connectivity index (χ1) is 15.7. The van der Waals surface area contributed by atoms with E-state index in [4.69, 9.17) is 0 Å². The van der Waals surface area contributed by atoms with Crippen LogP contribution >= 0.6 is 0 Å². The van der Waals surface area contributed by atoms with Crippen LogP contribution in [0.25, 0.3) is 10.8 Å². The molecule has 4 saturated carbocycles. The van der Waals surface area contributed by atoms with Gasteiger partial charge in [0.05, 0.1) is 5.70 Å². The summed E-state index contributed by atoms with van der Waals surface area (Å²) in [6, 6.07) is 8.31. The molecule has 162 valence electrons. The summed E-state index contributed by atoms with van der Waals surface area (Å²) in [5.41, 5.74) is 2.70. The minimum atomic E-state index is -0.151. The number of pyridine rings is 1. The van der Waals surface area contributed by atoms with E-state index in [1.807, 2.05) is 36.7 Å². The first-order valence-corrected chi connectivity index (χ1v) is 12.0. The maximum Gasteiger partial charge on any atom is 0.270 e. The van der Waals surface area contributed by atoms with E-state index in [0.717, 1.165) is 59.0 Å². The van der Waals surface area contributed by atoms with Crippen molar-refractivity contribution in [3.63, 3.8) is 0 Å². The molecule has 4 fully saturated rings. The van der Waals surface area contributed by atoms with E-state index in [9.17, 15) is 4.79 Å². The molecule has 1 aromatic heterocycles. The molecule has 0 saturated heterocycles. The Bertz CT molecular complexity index is 1170. The Morgan fingerprint density at radius 3 is 2.56 bits per heavy atom. The van der Waals surface area contributed by atoms with Crippen LogP contribution in [0.1, 0.15) is 50.3 Å². The van der Waals surface area contributed by atoms with E-state index in [0.29, 0.717) is 5.70 Å². The predicted octanol–water partition coefficient (Wildman–Crippen LogP) is 4.52. The summed E-state index contributed by atoms with van der Waals surface area (Å²) in [6.07, 6.45) is 19.4. The summed E-state index contributed by atoms with van der Waals surface area (Å²) in [7, 11) is 0. The van der Waals surface area contributed by atoms with Crippen molar-refractivity contribution in [2.75, 3.05) is 0 Å². The molecule has 2 aliphatic heterocycles. The highest BCUT2D eigenvalue weighted by atomic mass is 16.2. The first-order valence-electron chi connectivity index (χ1n) is 12.0. The van der Waals surface area contributed by atoms with Crippen LogP contribution in [0, 0.1) is 17.8 Å². The van der Waals surface area contributed by atoms with E-state index in [1.165, 1.54) is 19.3 Å². The normalized spacial score (nSPS) is 34.2. The van der Waals surface area contributed by atoms with E-state index < -0.39 is 0 Å². The third-order valence-corrected chi connectivity index (χ3v) is 8.34. The van der Waals surface area contributed by atoms with Gasteiger partial charge >= 0.3 is 0 Å². The Hall–Kier alpha value is -3.08. The average Bonchev–Trinajstić information content (AvgIpc) is 3.17. The van der Waals surface area contributed by atoms with Crippen molar-refractivity contribution < 1.29 is 4.79 Å². The Morgan fingerprint density at radius 1 is 1.03 bits per heavy atom. The second-order valence-electron chi connectivity index (χ2n) is 10.5. The molecule has 0 radical (unpaired) electrons. The second-order valence-corrected chi connectivity index (χ2v) is 10.5. The number of carbonyl (C=O) groups is 1. The minimum Gasteiger partial charge on any atom is -0.355 e. The molecule has 4 aliphatic carbocycles. The van der Waals surface area contributed by atoms with Crippen LogP contribution in [-0.4, -0.2) is 21.3 Å². The van der Waals surface area contributed by atoms with Gasteiger partial charge in [0.15, 0.2) is 0 Å². The van der Waals surface area contributed by atoms with Gasteiger partial charge in [0.2, 0.25) is 0 Å². The molecule has 4 bridgehead atoms. The molecule has 8 rings (SSSR count). The lowest BCUT2D eigenvalue weighted by Crippen LogP contribution is -2.60. The summed E-state index contributed by atoms with van der Waals surface area (Å²) < 4.78 is 0. The molecule has 5 heteroatoms. The molecule has 0 spiro atoms. The number of fused-ring (bicyclic) bond motifs is 2. The van der Waals surface area contributed by atoms with E-state index >= 15 is 0 Å². The van der Waals surface area contributed by atoms with Gasteiger partial charge < -0.3 is 15.5 Å². The summed E-state index contributed by atoms with van der Waals surface area (Å²) in [5, 5.41) is 9.39. The van der Waals surface area contributed by atoms with Crippen molar-refractivity contribution >= 4 is 16.7 Å². The maximum absolute atomic E-state index is 13.7. The monoisotopic (exact) mass is 424 g/mol. The van der Waals surface area contributed by atoms with Gasteiger partial charge in [-0.05, 0) is 73.8 Å². The number of hydrogen-bond acceptors (Lipinski definition) is 4. The fraction of sp³-hybridized carbons (Fsp3) is 0.407. The van der Waals surface area contributed by atoms with Crippen LogP contribution in [0.15, 0.2) is 72.5 Å². The molecule has 1 aromatic carbocycles. The standard InChI is InChI=1S/C27H28N4O/c32-26(30-27-12-17-9-18(13-27)11-19(10-17)14-27)24-23-7-3-4-8-31(23)25(29-24)22-16-28-15-20-5-1-2-6-21(20)22/h1-8,15-19,25,29H,9-14H2,(H,30,32). The zero-order valence-electron chi connectivity index (χ0n) is 18.1. The Kier molecular flexibility index (Phi) is 3.88. The summed E-state index contributed by atoms with van der Waals surface area (Å²) >= 11 is 0. The van der Waals surface area contributed by atoms with Gasteiger partial charge in [-0.2, -0.15) is 0 Å². The summed E-state index contributed by atoms with van der Waals surface area (Å²) in [5.74, 6) is 2.46. The highest BCUT2D eigenvalue weighted by Crippen LogP contribution is 2.55. The van der Waals surface area contributed by atoms with Gasteiger partial charge in [-0.25, -0.2) is 0 Å². The molecule has 1 atom stereocenters. The number of nitrogens with zero attached hydrogens (tertiary/aromatic N) is 2. The lowest BCUT2D eigenvalue weighted by Gasteiger charge is -2.56. The fourth-order valence-corrected chi connectivity index (χ4v) is 7.51. The maximum atomic E-state index is 13.7. The molecule has 6 aliphatic rings. The van der Waals surface area contributed by atoms with Gasteiger partial charge in [0.25, 0.3) is 5.91 Å². The molecule has 5 nitrogen and oxygen atoms in total. The molecule has 1 unspecified atom stereocenters. The van der Waals surface area contributed by atoms with E-state index in [2.05, 4.69) is 44.9 Å². The van der Waals surface area contributed by atoms with Crippen LogP contribution in [0.3, 0.4) is 0 Å². The van der Waals surface area contributed by atoms with Crippen LogP contribution < -0.4 is 10.6 Å². The van der Waals surface area contributed by atoms with Crippen molar-refractivity contribution in [1.82, 2.24) is 20.5 Å². The molecule has 1 amide bonds. The van der Waals surface area contributed by atoms with Crippen molar-refractivity contribution in [2.45, 2.75) is 50.2 Å². The largest absolute Gasteiger partial charge is 0.355 e. The van der Waals surface area contributed by atoms with Crippen molar-refractivity contribution in [3.05, 3.63) is 78.0 Å². The van der Waals surface area contributed by atoms with Gasteiger partial charge in [-0.15, -0.1) is 0 Å². The Balaban J connectivity index is 1.22. The van der Waals surface area contributed by atoms with Crippen LogP contribution in [0.2, 0.25) is 0 Å². The zero-order chi connectivity index (χ0) is 21.3. The average molecular weight is 425 g/mol. The highest BCUT2D eigenvalue weighted by molar-refractivity contribution is 5.95. The topological polar surface area (TPSA) is 57.3 Å². The zero-order valence-corrected chi connectivity index (χ0v) is 18.1. The van der Waals surface area contributed by atoms with Crippen molar-refractivity contribution in [2.24, 2.45) is 17.8 Å². The second kappa shape index (κ2) is 6.71. The lowest BCUT2D eigenvalue weighted by molar-refractivity contribution is -0.123. The molecule has 32 heavy (non-hydrogen) atoms.